The molecule has 3 rings (SSSR count). The quantitative estimate of drug-likeness (QED) is 0.797. The van der Waals surface area contributed by atoms with E-state index in [0.717, 1.165) is 18.4 Å². The van der Waals surface area contributed by atoms with Gasteiger partial charge in [0.05, 0.1) is 29.3 Å². The Morgan fingerprint density at radius 2 is 2.00 bits per heavy atom. The molecule has 1 aliphatic rings. The maximum absolute atomic E-state index is 12.1. The topological polar surface area (TPSA) is 111 Å². The third-order valence-corrected chi connectivity index (χ3v) is 4.47. The van der Waals surface area contributed by atoms with Crippen LogP contribution in [0.25, 0.3) is 11.3 Å². The zero-order valence-corrected chi connectivity index (χ0v) is 16.1. The Morgan fingerprint density at radius 3 is 2.57 bits per heavy atom. The van der Waals surface area contributed by atoms with Gasteiger partial charge in [-0.2, -0.15) is 5.26 Å². The van der Waals surface area contributed by atoms with Crippen molar-refractivity contribution in [3.8, 4) is 17.3 Å². The van der Waals surface area contributed by atoms with Gasteiger partial charge in [-0.3, -0.25) is 14.6 Å². The number of hydrogen-bond acceptors (Lipinski definition) is 6. The number of benzene rings is 1. The average molecular weight is 378 g/mol. The van der Waals surface area contributed by atoms with Gasteiger partial charge in [0.1, 0.15) is 12.1 Å². The van der Waals surface area contributed by atoms with Crippen molar-refractivity contribution in [2.45, 2.75) is 25.8 Å². The summed E-state index contributed by atoms with van der Waals surface area (Å²) in [7, 11) is 3.36. The van der Waals surface area contributed by atoms with Gasteiger partial charge in [0.25, 0.3) is 0 Å². The summed E-state index contributed by atoms with van der Waals surface area (Å²) in [5.41, 5.74) is 2.33. The maximum Gasteiger partial charge on any atom is 0.244 e. The summed E-state index contributed by atoms with van der Waals surface area (Å²) in [6.07, 6.45) is 4.93. The van der Waals surface area contributed by atoms with Crippen LogP contribution < -0.4 is 10.6 Å². The normalized spacial score (nSPS) is 13.9. The summed E-state index contributed by atoms with van der Waals surface area (Å²) in [5, 5.41) is 15.2. The van der Waals surface area contributed by atoms with Crippen molar-refractivity contribution < 1.29 is 9.59 Å². The summed E-state index contributed by atoms with van der Waals surface area (Å²) in [4.78, 5) is 34.0. The Morgan fingerprint density at radius 1 is 1.25 bits per heavy atom. The second kappa shape index (κ2) is 8.05. The van der Waals surface area contributed by atoms with Crippen LogP contribution in [0.15, 0.2) is 30.6 Å². The smallest absolute Gasteiger partial charge is 0.244 e. The molecule has 1 aromatic carbocycles. The standard InChI is InChI=1S/C20H22N6O2/c1-12(20(28)26(2)3)24-16-8-14(6-7-15(16)9-21)17-10-23-18(11-22-17)25-19(27)13-4-5-13/h6-8,10-13,24H,4-5H2,1-3H3,(H,23,25,27). The van der Waals surface area contributed by atoms with Gasteiger partial charge in [-0.25, -0.2) is 4.98 Å². The lowest BCUT2D eigenvalue weighted by molar-refractivity contribution is -0.129. The van der Waals surface area contributed by atoms with Crippen molar-refractivity contribution in [1.29, 1.82) is 5.26 Å². The van der Waals surface area contributed by atoms with E-state index < -0.39 is 6.04 Å². The Balaban J connectivity index is 1.79. The minimum atomic E-state index is -0.483. The first-order chi connectivity index (χ1) is 13.4. The number of rotatable bonds is 6. The van der Waals surface area contributed by atoms with Gasteiger partial charge >= 0.3 is 0 Å². The molecule has 1 atom stereocenters. The summed E-state index contributed by atoms with van der Waals surface area (Å²) < 4.78 is 0. The third-order valence-electron chi connectivity index (χ3n) is 4.47. The van der Waals surface area contributed by atoms with Gasteiger partial charge in [0.15, 0.2) is 5.82 Å². The summed E-state index contributed by atoms with van der Waals surface area (Å²) in [5.74, 6) is 0.398. The lowest BCUT2D eigenvalue weighted by Gasteiger charge is -2.20. The summed E-state index contributed by atoms with van der Waals surface area (Å²) >= 11 is 0. The van der Waals surface area contributed by atoms with Crippen LogP contribution in [0.1, 0.15) is 25.3 Å². The van der Waals surface area contributed by atoms with E-state index in [1.54, 1.807) is 45.4 Å². The molecule has 1 saturated carbocycles. The molecule has 1 unspecified atom stereocenters. The lowest BCUT2D eigenvalue weighted by atomic mass is 10.1. The number of aromatic nitrogens is 2. The first-order valence-electron chi connectivity index (χ1n) is 9.04. The highest BCUT2D eigenvalue weighted by molar-refractivity contribution is 5.93. The number of amides is 2. The van der Waals surface area contributed by atoms with Gasteiger partial charge in [0.2, 0.25) is 11.8 Å². The van der Waals surface area contributed by atoms with Crippen LogP contribution in [-0.4, -0.2) is 46.8 Å². The number of nitriles is 1. The number of hydrogen-bond donors (Lipinski definition) is 2. The molecule has 2 amide bonds. The number of likely N-dealkylation sites (N-methyl/N-ethyl adjacent to an activating group) is 1. The van der Waals surface area contributed by atoms with E-state index in [1.165, 1.54) is 11.1 Å². The monoisotopic (exact) mass is 378 g/mol. The molecule has 1 aliphatic carbocycles. The van der Waals surface area contributed by atoms with Gasteiger partial charge < -0.3 is 15.5 Å². The van der Waals surface area contributed by atoms with Crippen molar-refractivity contribution in [2.75, 3.05) is 24.7 Å². The molecular formula is C20H22N6O2. The average Bonchev–Trinajstić information content (AvgIpc) is 3.53. The van der Waals surface area contributed by atoms with Gasteiger partial charge in [-0.15, -0.1) is 0 Å². The van der Waals surface area contributed by atoms with E-state index in [-0.39, 0.29) is 17.7 Å². The van der Waals surface area contributed by atoms with Crippen LogP contribution in [0.3, 0.4) is 0 Å². The molecular weight excluding hydrogens is 356 g/mol. The van der Waals surface area contributed by atoms with E-state index in [9.17, 15) is 14.9 Å². The SMILES string of the molecule is CC(Nc1cc(-c2cnc(NC(=O)C3CC3)cn2)ccc1C#N)C(=O)N(C)C. The second-order valence-corrected chi connectivity index (χ2v) is 7.02. The molecule has 0 bridgehead atoms. The summed E-state index contributed by atoms with van der Waals surface area (Å²) in [6, 6.07) is 6.86. The Hall–Kier alpha value is -3.47. The van der Waals surface area contributed by atoms with Gasteiger partial charge in [-0.1, -0.05) is 6.07 Å². The van der Waals surface area contributed by atoms with Crippen LogP contribution in [0.5, 0.6) is 0 Å². The van der Waals surface area contributed by atoms with Crippen molar-refractivity contribution >= 4 is 23.3 Å². The number of nitrogens with one attached hydrogen (secondary N) is 2. The van der Waals surface area contributed by atoms with E-state index in [0.29, 0.717) is 22.8 Å². The molecule has 0 radical (unpaired) electrons. The zero-order chi connectivity index (χ0) is 20.3. The van der Waals surface area contributed by atoms with Crippen molar-refractivity contribution in [3.05, 3.63) is 36.2 Å². The summed E-state index contributed by atoms with van der Waals surface area (Å²) in [6.45, 7) is 1.74. The highest BCUT2D eigenvalue weighted by Gasteiger charge is 2.29. The maximum atomic E-state index is 12.1. The Kier molecular flexibility index (Phi) is 5.54. The first-order valence-corrected chi connectivity index (χ1v) is 9.04. The molecule has 1 heterocycles. The van der Waals surface area contributed by atoms with Gasteiger partial charge in [-0.05, 0) is 31.9 Å². The molecule has 0 spiro atoms. The number of anilines is 2. The van der Waals surface area contributed by atoms with Crippen LogP contribution >= 0.6 is 0 Å². The predicted octanol–water partition coefficient (Wildman–Crippen LogP) is 2.25. The minimum absolute atomic E-state index is 0.0218. The first kappa shape index (κ1) is 19.3. The highest BCUT2D eigenvalue weighted by Crippen LogP contribution is 2.30. The molecule has 2 N–H and O–H groups in total. The fourth-order valence-electron chi connectivity index (χ4n) is 2.72. The van der Waals surface area contributed by atoms with E-state index in [2.05, 4.69) is 26.7 Å². The lowest BCUT2D eigenvalue weighted by Crippen LogP contribution is -2.36. The van der Waals surface area contributed by atoms with Crippen molar-refractivity contribution in [1.82, 2.24) is 14.9 Å². The fourth-order valence-corrected chi connectivity index (χ4v) is 2.72. The van der Waals surface area contributed by atoms with Crippen molar-refractivity contribution in [2.24, 2.45) is 5.92 Å². The Bertz CT molecular complexity index is 929. The predicted molar refractivity (Wildman–Crippen MR) is 105 cm³/mol. The molecule has 2 aromatic rings. The Labute approximate surface area is 163 Å². The van der Waals surface area contributed by atoms with Crippen LogP contribution in [0, 0.1) is 17.2 Å². The minimum Gasteiger partial charge on any atom is -0.373 e. The number of nitrogens with zero attached hydrogens (tertiary/aromatic N) is 4. The zero-order valence-electron chi connectivity index (χ0n) is 16.1. The molecule has 1 aromatic heterocycles. The highest BCUT2D eigenvalue weighted by atomic mass is 16.2. The molecule has 144 valence electrons. The van der Waals surface area contributed by atoms with E-state index in [4.69, 9.17) is 0 Å². The molecule has 1 fully saturated rings. The van der Waals surface area contributed by atoms with Crippen LogP contribution in [0.2, 0.25) is 0 Å². The van der Waals surface area contributed by atoms with E-state index in [1.807, 2.05) is 0 Å². The number of carbonyl (C=O) groups excluding carboxylic acids is 2. The molecule has 28 heavy (non-hydrogen) atoms. The molecule has 8 nitrogen and oxygen atoms in total. The number of carbonyl (C=O) groups is 2. The van der Waals surface area contributed by atoms with Crippen LogP contribution in [-0.2, 0) is 9.59 Å². The largest absolute Gasteiger partial charge is 0.373 e. The molecule has 8 heteroatoms. The molecule has 0 saturated heterocycles. The van der Waals surface area contributed by atoms with Gasteiger partial charge in [0, 0.05) is 25.6 Å². The van der Waals surface area contributed by atoms with E-state index >= 15 is 0 Å². The molecule has 0 aliphatic heterocycles. The third kappa shape index (κ3) is 4.43. The van der Waals surface area contributed by atoms with Crippen LogP contribution in [0.4, 0.5) is 11.5 Å². The fraction of sp³-hybridized carbons (Fsp3) is 0.350. The van der Waals surface area contributed by atoms with Crippen molar-refractivity contribution in [3.63, 3.8) is 0 Å². The second-order valence-electron chi connectivity index (χ2n) is 7.02.